The second-order valence-electron chi connectivity index (χ2n) is 6.94. The predicted octanol–water partition coefficient (Wildman–Crippen LogP) is 3.14. The summed E-state index contributed by atoms with van der Waals surface area (Å²) in [4.78, 5) is 14.2. The number of aromatic amines is 1. The molecule has 0 fully saturated rings. The van der Waals surface area contributed by atoms with E-state index in [9.17, 15) is 4.79 Å². The average molecular weight is 399 g/mol. The third-order valence-corrected chi connectivity index (χ3v) is 4.54. The van der Waals surface area contributed by atoms with Gasteiger partial charge >= 0.3 is 0 Å². The number of rotatable bonds is 6. The second-order valence-corrected chi connectivity index (χ2v) is 6.94. The minimum absolute atomic E-state index is 0.176. The average Bonchev–Trinajstić information content (AvgIpc) is 3.14. The van der Waals surface area contributed by atoms with Crippen LogP contribution < -0.4 is 11.0 Å². The fraction of sp³-hybridized carbons (Fsp3) is 0.136. The van der Waals surface area contributed by atoms with Crippen LogP contribution in [0.1, 0.15) is 22.4 Å². The van der Waals surface area contributed by atoms with Gasteiger partial charge in [0, 0.05) is 17.3 Å². The summed E-state index contributed by atoms with van der Waals surface area (Å²) < 4.78 is 1.89. The minimum atomic E-state index is -0.307. The highest BCUT2D eigenvalue weighted by atomic mass is 16.1. The van der Waals surface area contributed by atoms with Crippen LogP contribution in [0.2, 0.25) is 0 Å². The van der Waals surface area contributed by atoms with Gasteiger partial charge in [-0.2, -0.15) is 10.2 Å². The molecule has 0 amide bonds. The normalized spacial score (nSPS) is 11.1. The number of hydrazone groups is 1. The molecule has 0 radical (unpaired) electrons. The second kappa shape index (κ2) is 8.52. The summed E-state index contributed by atoms with van der Waals surface area (Å²) in [6.45, 7) is 4.29. The Morgan fingerprint density at radius 2 is 1.83 bits per heavy atom. The van der Waals surface area contributed by atoms with Crippen LogP contribution in [0.5, 0.6) is 0 Å². The Bertz CT molecular complexity index is 1220. The van der Waals surface area contributed by atoms with Gasteiger partial charge in [-0.3, -0.25) is 14.5 Å². The number of hydrogen-bond donors (Lipinski definition) is 2. The van der Waals surface area contributed by atoms with Gasteiger partial charge in [0.1, 0.15) is 11.4 Å². The molecule has 0 atom stereocenters. The van der Waals surface area contributed by atoms with Crippen molar-refractivity contribution in [3.63, 3.8) is 0 Å². The molecule has 2 aromatic carbocycles. The number of H-pyrrole nitrogens is 1. The highest BCUT2D eigenvalue weighted by Crippen LogP contribution is 2.22. The number of aromatic nitrogens is 5. The first-order chi connectivity index (χ1) is 14.6. The zero-order chi connectivity index (χ0) is 20.9. The number of hydrogen-bond acceptors (Lipinski definition) is 6. The fourth-order valence-electron chi connectivity index (χ4n) is 2.93. The SMILES string of the molecule is Cc1ccc(-c2nn(Cc3ccccc3)cc2/C=N\Nc2nnc(C)c(=O)[nH]2)cc1. The molecule has 0 aliphatic heterocycles. The van der Waals surface area contributed by atoms with Gasteiger partial charge in [-0.25, -0.2) is 5.43 Å². The molecule has 4 aromatic rings. The smallest absolute Gasteiger partial charge is 0.274 e. The van der Waals surface area contributed by atoms with E-state index in [1.807, 2.05) is 48.1 Å². The molecule has 2 heterocycles. The van der Waals surface area contributed by atoms with Crippen molar-refractivity contribution in [2.45, 2.75) is 20.4 Å². The van der Waals surface area contributed by atoms with E-state index in [1.165, 1.54) is 5.56 Å². The Morgan fingerprint density at radius 1 is 1.07 bits per heavy atom. The molecule has 2 N–H and O–H groups in total. The van der Waals surface area contributed by atoms with Gasteiger partial charge in [0.25, 0.3) is 5.56 Å². The first-order valence-electron chi connectivity index (χ1n) is 9.49. The van der Waals surface area contributed by atoms with Crippen LogP contribution in [-0.4, -0.2) is 31.2 Å². The molecule has 30 heavy (non-hydrogen) atoms. The van der Waals surface area contributed by atoms with E-state index >= 15 is 0 Å². The largest absolute Gasteiger partial charge is 0.288 e. The Balaban J connectivity index is 1.63. The van der Waals surface area contributed by atoms with Crippen molar-refractivity contribution in [2.24, 2.45) is 5.10 Å². The molecule has 2 aromatic heterocycles. The first kappa shape index (κ1) is 19.3. The van der Waals surface area contributed by atoms with Crippen LogP contribution in [0.15, 0.2) is 70.7 Å². The molecule has 150 valence electrons. The van der Waals surface area contributed by atoms with Gasteiger partial charge in [0.05, 0.1) is 12.8 Å². The van der Waals surface area contributed by atoms with Crippen molar-refractivity contribution >= 4 is 12.2 Å². The number of anilines is 1. The summed E-state index contributed by atoms with van der Waals surface area (Å²) in [5.41, 5.74) is 7.70. The van der Waals surface area contributed by atoms with Crippen molar-refractivity contribution in [2.75, 3.05) is 5.43 Å². The van der Waals surface area contributed by atoms with Gasteiger partial charge in [0.15, 0.2) is 0 Å². The molecule has 0 bridgehead atoms. The number of aryl methyl sites for hydroxylation is 2. The Kier molecular flexibility index (Phi) is 5.47. The van der Waals surface area contributed by atoms with Crippen LogP contribution in [0.3, 0.4) is 0 Å². The Morgan fingerprint density at radius 3 is 2.57 bits per heavy atom. The molecule has 0 spiro atoms. The van der Waals surface area contributed by atoms with E-state index < -0.39 is 0 Å². The maximum Gasteiger partial charge on any atom is 0.274 e. The third-order valence-electron chi connectivity index (χ3n) is 4.54. The predicted molar refractivity (Wildman–Crippen MR) is 117 cm³/mol. The topological polar surface area (TPSA) is 101 Å². The van der Waals surface area contributed by atoms with Gasteiger partial charge in [-0.1, -0.05) is 60.2 Å². The number of benzene rings is 2. The zero-order valence-electron chi connectivity index (χ0n) is 16.7. The molecular weight excluding hydrogens is 378 g/mol. The molecule has 8 heteroatoms. The lowest BCUT2D eigenvalue weighted by Crippen LogP contribution is -2.15. The van der Waals surface area contributed by atoms with Crippen molar-refractivity contribution in [1.82, 2.24) is 25.0 Å². The lowest BCUT2D eigenvalue weighted by molar-refractivity contribution is 0.689. The Labute approximate surface area is 173 Å². The van der Waals surface area contributed by atoms with E-state index in [2.05, 4.69) is 50.0 Å². The minimum Gasteiger partial charge on any atom is -0.288 e. The fourth-order valence-corrected chi connectivity index (χ4v) is 2.93. The summed E-state index contributed by atoms with van der Waals surface area (Å²) in [6.07, 6.45) is 3.60. The number of nitrogens with one attached hydrogen (secondary N) is 2. The summed E-state index contributed by atoms with van der Waals surface area (Å²) in [6, 6.07) is 18.3. The van der Waals surface area contributed by atoms with Crippen LogP contribution >= 0.6 is 0 Å². The maximum atomic E-state index is 11.7. The maximum absolute atomic E-state index is 11.7. The highest BCUT2D eigenvalue weighted by molar-refractivity contribution is 5.88. The van der Waals surface area contributed by atoms with Crippen molar-refractivity contribution in [1.29, 1.82) is 0 Å². The highest BCUT2D eigenvalue weighted by Gasteiger charge is 2.10. The van der Waals surface area contributed by atoms with Crippen molar-refractivity contribution in [3.05, 3.63) is 93.5 Å². The van der Waals surface area contributed by atoms with E-state index in [-0.39, 0.29) is 11.5 Å². The lowest BCUT2D eigenvalue weighted by Gasteiger charge is -2.02. The zero-order valence-corrected chi connectivity index (χ0v) is 16.7. The van der Waals surface area contributed by atoms with Crippen LogP contribution in [0.4, 0.5) is 5.95 Å². The summed E-state index contributed by atoms with van der Waals surface area (Å²) in [5, 5.41) is 16.6. The van der Waals surface area contributed by atoms with E-state index in [0.717, 1.165) is 22.4 Å². The van der Waals surface area contributed by atoms with Gasteiger partial charge in [-0.05, 0) is 19.4 Å². The molecule has 0 aliphatic carbocycles. The molecule has 0 aliphatic rings. The molecule has 4 rings (SSSR count). The number of nitrogens with zero attached hydrogens (tertiary/aromatic N) is 5. The quantitative estimate of drug-likeness (QED) is 0.383. The molecular formula is C22H21N7O. The Hall–Kier alpha value is -4.07. The standard InChI is InChI=1S/C22H21N7O/c1-15-8-10-18(11-9-15)20-19(12-23-26-22-24-21(30)16(2)25-27-22)14-29(28-20)13-17-6-4-3-5-7-17/h3-12,14H,13H2,1-2H3,(H2,24,26,27,30)/b23-12-. The van der Waals surface area contributed by atoms with E-state index in [1.54, 1.807) is 13.1 Å². The van der Waals surface area contributed by atoms with Crippen LogP contribution in [0.25, 0.3) is 11.3 Å². The molecule has 0 unspecified atom stereocenters. The summed E-state index contributed by atoms with van der Waals surface area (Å²) in [7, 11) is 0. The van der Waals surface area contributed by atoms with Crippen molar-refractivity contribution < 1.29 is 0 Å². The van der Waals surface area contributed by atoms with E-state index in [4.69, 9.17) is 5.10 Å². The van der Waals surface area contributed by atoms with Crippen molar-refractivity contribution in [3.8, 4) is 11.3 Å². The summed E-state index contributed by atoms with van der Waals surface area (Å²) in [5.74, 6) is 0.176. The van der Waals surface area contributed by atoms with Crippen LogP contribution in [-0.2, 0) is 6.54 Å². The van der Waals surface area contributed by atoms with E-state index in [0.29, 0.717) is 12.2 Å². The summed E-state index contributed by atoms with van der Waals surface area (Å²) >= 11 is 0. The van der Waals surface area contributed by atoms with Gasteiger partial charge < -0.3 is 0 Å². The van der Waals surface area contributed by atoms with Gasteiger partial charge in [-0.15, -0.1) is 10.2 Å². The molecule has 0 saturated carbocycles. The molecule has 0 saturated heterocycles. The molecule has 8 nitrogen and oxygen atoms in total. The first-order valence-corrected chi connectivity index (χ1v) is 9.49. The monoisotopic (exact) mass is 399 g/mol. The third kappa shape index (κ3) is 4.49. The van der Waals surface area contributed by atoms with Crippen LogP contribution in [0, 0.1) is 13.8 Å². The lowest BCUT2D eigenvalue weighted by atomic mass is 10.1. The van der Waals surface area contributed by atoms with Gasteiger partial charge in [0.2, 0.25) is 5.95 Å².